The van der Waals surface area contributed by atoms with Crippen LogP contribution in [0.25, 0.3) is 0 Å². The molecule has 0 spiro atoms. The second-order valence-electron chi connectivity index (χ2n) is 6.23. The lowest BCUT2D eigenvalue weighted by molar-refractivity contribution is 0.0940. The monoisotopic (exact) mass is 385 g/mol. The van der Waals surface area contributed by atoms with Crippen LogP contribution in [0.5, 0.6) is 0 Å². The molecule has 1 fully saturated rings. The zero-order valence-corrected chi connectivity index (χ0v) is 16.2. The predicted molar refractivity (Wildman–Crippen MR) is 99.1 cm³/mol. The SMILES string of the molecule is CC(C)c1nnc(SCc2c(Cl)cccc2Cl)n1CC1CCCO1. The van der Waals surface area contributed by atoms with Gasteiger partial charge in [0, 0.05) is 28.3 Å². The van der Waals surface area contributed by atoms with Crippen LogP contribution >= 0.6 is 35.0 Å². The number of benzene rings is 1. The van der Waals surface area contributed by atoms with E-state index in [0.717, 1.165) is 42.5 Å². The number of thioether (sulfide) groups is 1. The highest BCUT2D eigenvalue weighted by molar-refractivity contribution is 7.98. The van der Waals surface area contributed by atoms with Gasteiger partial charge in [0.25, 0.3) is 0 Å². The minimum absolute atomic E-state index is 0.252. The molecule has 24 heavy (non-hydrogen) atoms. The highest BCUT2D eigenvalue weighted by Gasteiger charge is 2.22. The molecule has 1 aliphatic heterocycles. The fourth-order valence-corrected chi connectivity index (χ4v) is 4.50. The van der Waals surface area contributed by atoms with Crippen molar-refractivity contribution in [2.75, 3.05) is 6.61 Å². The quantitative estimate of drug-likeness (QED) is 0.642. The van der Waals surface area contributed by atoms with E-state index in [1.165, 1.54) is 0 Å². The van der Waals surface area contributed by atoms with E-state index in [4.69, 9.17) is 27.9 Å². The molecular formula is C17H21Cl2N3OS. The molecule has 4 nitrogen and oxygen atoms in total. The number of nitrogens with zero attached hydrogens (tertiary/aromatic N) is 3. The molecule has 1 atom stereocenters. The molecule has 3 rings (SSSR count). The van der Waals surface area contributed by atoms with Crippen molar-refractivity contribution in [3.63, 3.8) is 0 Å². The Morgan fingerprint density at radius 3 is 2.67 bits per heavy atom. The zero-order chi connectivity index (χ0) is 17.1. The molecule has 1 saturated heterocycles. The van der Waals surface area contributed by atoms with Crippen molar-refractivity contribution >= 4 is 35.0 Å². The van der Waals surface area contributed by atoms with Gasteiger partial charge in [0.2, 0.25) is 0 Å². The van der Waals surface area contributed by atoms with Gasteiger partial charge >= 0.3 is 0 Å². The van der Waals surface area contributed by atoms with Crippen molar-refractivity contribution in [3.8, 4) is 0 Å². The summed E-state index contributed by atoms with van der Waals surface area (Å²) in [5, 5.41) is 11.0. The van der Waals surface area contributed by atoms with Gasteiger partial charge in [0.15, 0.2) is 5.16 Å². The summed E-state index contributed by atoms with van der Waals surface area (Å²) in [6, 6.07) is 5.58. The van der Waals surface area contributed by atoms with Crippen molar-refractivity contribution in [1.82, 2.24) is 14.8 Å². The minimum Gasteiger partial charge on any atom is -0.376 e. The highest BCUT2D eigenvalue weighted by atomic mass is 35.5. The van der Waals surface area contributed by atoms with Gasteiger partial charge in [0.05, 0.1) is 12.6 Å². The van der Waals surface area contributed by atoms with Crippen LogP contribution in [-0.2, 0) is 17.0 Å². The van der Waals surface area contributed by atoms with Crippen LogP contribution in [0.2, 0.25) is 10.0 Å². The Bertz CT molecular complexity index is 679. The fraction of sp³-hybridized carbons (Fsp3) is 0.529. The molecular weight excluding hydrogens is 365 g/mol. The van der Waals surface area contributed by atoms with E-state index in [9.17, 15) is 0 Å². The zero-order valence-electron chi connectivity index (χ0n) is 13.8. The van der Waals surface area contributed by atoms with Crippen molar-refractivity contribution in [3.05, 3.63) is 39.6 Å². The first-order chi connectivity index (χ1) is 11.6. The molecule has 7 heteroatoms. The van der Waals surface area contributed by atoms with Gasteiger partial charge in [-0.15, -0.1) is 10.2 Å². The predicted octanol–water partition coefficient (Wildman–Crippen LogP) is 5.18. The van der Waals surface area contributed by atoms with Crippen LogP contribution in [0, 0.1) is 0 Å². The maximum atomic E-state index is 6.27. The standard InChI is InChI=1S/C17H21Cl2N3OS/c1-11(2)16-20-21-17(22(16)9-12-5-4-8-23-12)24-10-13-14(18)6-3-7-15(13)19/h3,6-7,11-12H,4-5,8-10H2,1-2H3. The highest BCUT2D eigenvalue weighted by Crippen LogP contribution is 2.32. The van der Waals surface area contributed by atoms with E-state index in [1.54, 1.807) is 11.8 Å². The molecule has 0 amide bonds. The summed E-state index contributed by atoms with van der Waals surface area (Å²) in [4.78, 5) is 0. The summed E-state index contributed by atoms with van der Waals surface area (Å²) in [6.07, 6.45) is 2.47. The fourth-order valence-electron chi connectivity index (χ4n) is 2.80. The van der Waals surface area contributed by atoms with Crippen LogP contribution in [0.4, 0.5) is 0 Å². The second kappa shape index (κ2) is 8.09. The molecule has 130 valence electrons. The van der Waals surface area contributed by atoms with E-state index < -0.39 is 0 Å². The van der Waals surface area contributed by atoms with Gasteiger partial charge in [0.1, 0.15) is 5.82 Å². The third-order valence-electron chi connectivity index (χ3n) is 4.08. The second-order valence-corrected chi connectivity index (χ2v) is 7.99. The first-order valence-electron chi connectivity index (χ1n) is 8.16. The average molecular weight is 386 g/mol. The Morgan fingerprint density at radius 1 is 1.29 bits per heavy atom. The van der Waals surface area contributed by atoms with E-state index in [-0.39, 0.29) is 6.10 Å². The molecule has 1 aliphatic rings. The van der Waals surface area contributed by atoms with Gasteiger partial charge in [-0.3, -0.25) is 0 Å². The molecule has 1 unspecified atom stereocenters. The van der Waals surface area contributed by atoms with Gasteiger partial charge in [-0.25, -0.2) is 0 Å². The Labute approximate surface area is 156 Å². The number of aromatic nitrogens is 3. The number of rotatable bonds is 6. The first kappa shape index (κ1) is 18.1. The van der Waals surface area contributed by atoms with Crippen molar-refractivity contribution in [2.45, 2.75) is 56.2 Å². The Balaban J connectivity index is 1.79. The lowest BCUT2D eigenvalue weighted by atomic mass is 10.2. The minimum atomic E-state index is 0.252. The normalized spacial score (nSPS) is 17.8. The lowest BCUT2D eigenvalue weighted by Gasteiger charge is -2.16. The summed E-state index contributed by atoms with van der Waals surface area (Å²) in [5.41, 5.74) is 0.934. The molecule has 0 saturated carbocycles. The largest absolute Gasteiger partial charge is 0.376 e. The lowest BCUT2D eigenvalue weighted by Crippen LogP contribution is -2.18. The Kier molecular flexibility index (Phi) is 6.08. The van der Waals surface area contributed by atoms with Gasteiger partial charge in [-0.1, -0.05) is 54.9 Å². The van der Waals surface area contributed by atoms with Crippen molar-refractivity contribution < 1.29 is 4.74 Å². The smallest absolute Gasteiger partial charge is 0.191 e. The molecule has 0 N–H and O–H groups in total. The van der Waals surface area contributed by atoms with Crippen LogP contribution in [-0.4, -0.2) is 27.5 Å². The average Bonchev–Trinajstić information content (AvgIpc) is 3.17. The summed E-state index contributed by atoms with van der Waals surface area (Å²) >= 11 is 14.2. The van der Waals surface area contributed by atoms with Gasteiger partial charge in [-0.2, -0.15) is 0 Å². The third kappa shape index (κ3) is 4.07. The van der Waals surface area contributed by atoms with Crippen molar-refractivity contribution in [2.24, 2.45) is 0 Å². The van der Waals surface area contributed by atoms with E-state index in [2.05, 4.69) is 28.6 Å². The molecule has 1 aromatic heterocycles. The number of hydrogen-bond acceptors (Lipinski definition) is 4. The van der Waals surface area contributed by atoms with Gasteiger partial charge < -0.3 is 9.30 Å². The van der Waals surface area contributed by atoms with Gasteiger partial charge in [-0.05, 0) is 30.5 Å². The van der Waals surface area contributed by atoms with Crippen LogP contribution in [0.15, 0.2) is 23.4 Å². The number of halogens is 2. The molecule has 1 aromatic carbocycles. The topological polar surface area (TPSA) is 39.9 Å². The summed E-state index contributed by atoms with van der Waals surface area (Å²) in [7, 11) is 0. The summed E-state index contributed by atoms with van der Waals surface area (Å²) < 4.78 is 7.98. The number of ether oxygens (including phenoxy) is 1. The molecule has 0 aliphatic carbocycles. The molecule has 0 radical (unpaired) electrons. The molecule has 0 bridgehead atoms. The van der Waals surface area contributed by atoms with Crippen LogP contribution < -0.4 is 0 Å². The van der Waals surface area contributed by atoms with Crippen LogP contribution in [0.1, 0.15) is 44.0 Å². The maximum absolute atomic E-state index is 6.27. The van der Waals surface area contributed by atoms with Crippen molar-refractivity contribution in [1.29, 1.82) is 0 Å². The third-order valence-corrected chi connectivity index (χ3v) is 5.78. The Hall–Kier alpha value is -0.750. The maximum Gasteiger partial charge on any atom is 0.191 e. The summed E-state index contributed by atoms with van der Waals surface area (Å²) in [5.74, 6) is 1.98. The molecule has 2 aromatic rings. The van der Waals surface area contributed by atoms with E-state index >= 15 is 0 Å². The Morgan fingerprint density at radius 2 is 2.04 bits per heavy atom. The van der Waals surface area contributed by atoms with Crippen LogP contribution in [0.3, 0.4) is 0 Å². The number of hydrogen-bond donors (Lipinski definition) is 0. The molecule has 2 heterocycles. The van der Waals surface area contributed by atoms with E-state index in [0.29, 0.717) is 21.7 Å². The summed E-state index contributed by atoms with van der Waals surface area (Å²) in [6.45, 7) is 5.92. The first-order valence-corrected chi connectivity index (χ1v) is 9.90. The van der Waals surface area contributed by atoms with E-state index in [1.807, 2.05) is 18.2 Å².